The number of aromatic nitrogens is 1. The lowest BCUT2D eigenvalue weighted by Gasteiger charge is -2.14. The summed E-state index contributed by atoms with van der Waals surface area (Å²) in [6, 6.07) is 3.44. The third-order valence-electron chi connectivity index (χ3n) is 2.36. The van der Waals surface area contributed by atoms with Crippen molar-refractivity contribution in [2.75, 3.05) is 6.54 Å². The quantitative estimate of drug-likeness (QED) is 0.818. The van der Waals surface area contributed by atoms with E-state index in [4.69, 9.17) is 0 Å². The zero-order valence-electron chi connectivity index (χ0n) is 9.98. The summed E-state index contributed by atoms with van der Waals surface area (Å²) < 4.78 is 0.542. The number of nitrogens with zero attached hydrogens (tertiary/aromatic N) is 1. The average molecular weight is 301 g/mol. The van der Waals surface area contributed by atoms with Crippen LogP contribution in [0.1, 0.15) is 30.6 Å². The third kappa shape index (κ3) is 4.83. The van der Waals surface area contributed by atoms with E-state index in [-0.39, 0.29) is 17.9 Å². The summed E-state index contributed by atoms with van der Waals surface area (Å²) in [5.41, 5.74) is 0.525. The van der Waals surface area contributed by atoms with Crippen molar-refractivity contribution in [3.8, 4) is 0 Å². The van der Waals surface area contributed by atoms with Gasteiger partial charge < -0.3 is 10.4 Å². The van der Waals surface area contributed by atoms with Gasteiger partial charge in [-0.1, -0.05) is 6.92 Å². The molecule has 0 aliphatic heterocycles. The molecule has 0 bridgehead atoms. The van der Waals surface area contributed by atoms with E-state index in [0.717, 1.165) is 0 Å². The highest BCUT2D eigenvalue weighted by atomic mass is 79.9. The number of hydrogen-bond acceptors (Lipinski definition) is 3. The zero-order valence-corrected chi connectivity index (χ0v) is 11.6. The molecular formula is C12H17BrN2O2. The van der Waals surface area contributed by atoms with Crippen molar-refractivity contribution < 1.29 is 9.90 Å². The number of nitrogens with one attached hydrogen (secondary N) is 1. The Labute approximate surface area is 110 Å². The Hall–Kier alpha value is -0.940. The van der Waals surface area contributed by atoms with E-state index in [1.807, 2.05) is 6.92 Å². The van der Waals surface area contributed by atoms with Gasteiger partial charge in [-0.25, -0.2) is 4.98 Å². The first-order valence-electron chi connectivity index (χ1n) is 5.57. The molecule has 17 heavy (non-hydrogen) atoms. The molecule has 1 aromatic rings. The second-order valence-corrected chi connectivity index (χ2v) is 4.99. The summed E-state index contributed by atoms with van der Waals surface area (Å²) in [4.78, 5) is 15.8. The Morgan fingerprint density at radius 1 is 1.59 bits per heavy atom. The minimum Gasteiger partial charge on any atom is -0.393 e. The first kappa shape index (κ1) is 14.1. The Morgan fingerprint density at radius 3 is 2.88 bits per heavy atom. The lowest BCUT2D eigenvalue weighted by atomic mass is 10.0. The van der Waals surface area contributed by atoms with E-state index in [2.05, 4.69) is 26.2 Å². The highest BCUT2D eigenvalue weighted by molar-refractivity contribution is 9.10. The first-order chi connectivity index (χ1) is 8.00. The Balaban J connectivity index is 2.48. The van der Waals surface area contributed by atoms with Crippen LogP contribution in [0.25, 0.3) is 0 Å². The van der Waals surface area contributed by atoms with E-state index >= 15 is 0 Å². The second-order valence-electron chi connectivity index (χ2n) is 4.24. The maximum Gasteiger partial charge on any atom is 0.254 e. The summed E-state index contributed by atoms with van der Waals surface area (Å²) >= 11 is 3.23. The van der Waals surface area contributed by atoms with Gasteiger partial charge in [0.25, 0.3) is 5.91 Å². The molecule has 0 aromatic carbocycles. The average Bonchev–Trinajstić information content (AvgIpc) is 2.25. The van der Waals surface area contributed by atoms with Crippen LogP contribution in [-0.4, -0.2) is 28.6 Å². The molecule has 0 saturated carbocycles. The molecule has 2 N–H and O–H groups in total. The van der Waals surface area contributed by atoms with Gasteiger partial charge in [-0.3, -0.25) is 4.79 Å². The molecule has 0 saturated heterocycles. The smallest absolute Gasteiger partial charge is 0.254 e. The number of pyridine rings is 1. The molecular weight excluding hydrogens is 284 g/mol. The van der Waals surface area contributed by atoms with Crippen LogP contribution in [0.3, 0.4) is 0 Å². The number of hydrogen-bond donors (Lipinski definition) is 2. The summed E-state index contributed by atoms with van der Waals surface area (Å²) in [6.45, 7) is 4.28. The Morgan fingerprint density at radius 2 is 2.29 bits per heavy atom. The topological polar surface area (TPSA) is 62.2 Å². The van der Waals surface area contributed by atoms with E-state index in [0.29, 0.717) is 23.1 Å². The second kappa shape index (κ2) is 6.71. The molecule has 0 aliphatic carbocycles. The van der Waals surface area contributed by atoms with Crippen LogP contribution in [0.4, 0.5) is 0 Å². The van der Waals surface area contributed by atoms with Crippen molar-refractivity contribution >= 4 is 21.8 Å². The minimum absolute atomic E-state index is 0.151. The van der Waals surface area contributed by atoms with Crippen molar-refractivity contribution in [1.29, 1.82) is 0 Å². The number of carbonyl (C=O) groups is 1. The number of aliphatic hydroxyl groups is 1. The van der Waals surface area contributed by atoms with Crippen LogP contribution in [0, 0.1) is 5.92 Å². The Bertz CT molecular complexity index is 383. The summed E-state index contributed by atoms with van der Waals surface area (Å²) in [5, 5.41) is 12.0. The molecule has 0 radical (unpaired) electrons. The zero-order chi connectivity index (χ0) is 12.8. The van der Waals surface area contributed by atoms with Crippen molar-refractivity contribution in [3.05, 3.63) is 28.5 Å². The van der Waals surface area contributed by atoms with Crippen molar-refractivity contribution in [1.82, 2.24) is 10.3 Å². The van der Waals surface area contributed by atoms with Gasteiger partial charge in [0.1, 0.15) is 4.60 Å². The summed E-state index contributed by atoms with van der Waals surface area (Å²) in [6.07, 6.45) is 1.96. The molecule has 1 rings (SSSR count). The fraction of sp³-hybridized carbons (Fsp3) is 0.500. The normalized spacial score (nSPS) is 14.1. The molecule has 1 amide bonds. The number of carbonyl (C=O) groups excluding carboxylic acids is 1. The van der Waals surface area contributed by atoms with Crippen LogP contribution in [-0.2, 0) is 0 Å². The molecule has 0 spiro atoms. The van der Waals surface area contributed by atoms with E-state index in [1.54, 1.807) is 25.3 Å². The maximum absolute atomic E-state index is 11.8. The molecule has 0 aliphatic rings. The number of rotatable bonds is 5. The predicted molar refractivity (Wildman–Crippen MR) is 69.7 cm³/mol. The highest BCUT2D eigenvalue weighted by Crippen LogP contribution is 2.12. The van der Waals surface area contributed by atoms with E-state index in [9.17, 15) is 9.90 Å². The van der Waals surface area contributed by atoms with Gasteiger partial charge >= 0.3 is 0 Å². The highest BCUT2D eigenvalue weighted by Gasteiger charge is 2.12. The lowest BCUT2D eigenvalue weighted by Crippen LogP contribution is -2.29. The van der Waals surface area contributed by atoms with Crippen molar-refractivity contribution in [3.63, 3.8) is 0 Å². The molecule has 1 heterocycles. The number of amides is 1. The molecule has 94 valence electrons. The largest absolute Gasteiger partial charge is 0.393 e. The van der Waals surface area contributed by atoms with Crippen LogP contribution in [0.5, 0.6) is 0 Å². The molecule has 0 fully saturated rings. The van der Waals surface area contributed by atoms with Gasteiger partial charge in [0.15, 0.2) is 0 Å². The number of halogens is 1. The van der Waals surface area contributed by atoms with Gasteiger partial charge in [0.05, 0.1) is 11.7 Å². The van der Waals surface area contributed by atoms with E-state index < -0.39 is 0 Å². The number of aliphatic hydroxyl groups excluding tert-OH is 1. The Kier molecular flexibility index (Phi) is 5.58. The molecule has 2 atom stereocenters. The van der Waals surface area contributed by atoms with Crippen LogP contribution in [0.2, 0.25) is 0 Å². The predicted octanol–water partition coefficient (Wildman–Crippen LogP) is 1.98. The van der Waals surface area contributed by atoms with Gasteiger partial charge in [-0.2, -0.15) is 0 Å². The SMILES string of the molecule is CC(O)CC(C)CNC(=O)c1cccnc1Br. The first-order valence-corrected chi connectivity index (χ1v) is 6.36. The van der Waals surface area contributed by atoms with Gasteiger partial charge in [0.2, 0.25) is 0 Å². The monoisotopic (exact) mass is 300 g/mol. The van der Waals surface area contributed by atoms with E-state index in [1.165, 1.54) is 0 Å². The van der Waals surface area contributed by atoms with Gasteiger partial charge in [-0.05, 0) is 47.3 Å². The molecule has 4 nitrogen and oxygen atoms in total. The molecule has 5 heteroatoms. The maximum atomic E-state index is 11.8. The fourth-order valence-corrected chi connectivity index (χ4v) is 2.01. The van der Waals surface area contributed by atoms with Crippen molar-refractivity contribution in [2.24, 2.45) is 5.92 Å². The standard InChI is InChI=1S/C12H17BrN2O2/c1-8(6-9(2)16)7-15-12(17)10-4-3-5-14-11(10)13/h3-5,8-9,16H,6-7H2,1-2H3,(H,15,17). The molecule has 2 unspecified atom stereocenters. The van der Waals surface area contributed by atoms with Gasteiger partial charge in [-0.15, -0.1) is 0 Å². The van der Waals surface area contributed by atoms with Gasteiger partial charge in [0, 0.05) is 12.7 Å². The van der Waals surface area contributed by atoms with Crippen LogP contribution >= 0.6 is 15.9 Å². The summed E-state index contributed by atoms with van der Waals surface area (Å²) in [7, 11) is 0. The summed E-state index contributed by atoms with van der Waals surface area (Å²) in [5.74, 6) is 0.0943. The third-order valence-corrected chi connectivity index (χ3v) is 2.99. The lowest BCUT2D eigenvalue weighted by molar-refractivity contribution is 0.0938. The van der Waals surface area contributed by atoms with Crippen LogP contribution < -0.4 is 5.32 Å². The minimum atomic E-state index is -0.341. The fourth-order valence-electron chi connectivity index (χ4n) is 1.58. The van der Waals surface area contributed by atoms with Crippen molar-refractivity contribution in [2.45, 2.75) is 26.4 Å². The molecule has 1 aromatic heterocycles. The van der Waals surface area contributed by atoms with Crippen LogP contribution in [0.15, 0.2) is 22.9 Å².